The molecular weight excluding hydrogens is 410 g/mol. The number of hydrogen-bond donors (Lipinski definition) is 2. The Morgan fingerprint density at radius 3 is 2.69 bits per heavy atom. The number of aryl methyl sites for hydroxylation is 3. The van der Waals surface area contributed by atoms with Gasteiger partial charge < -0.3 is 10.6 Å². The number of nitrogens with zero attached hydrogens (tertiary/aromatic N) is 1. The van der Waals surface area contributed by atoms with Crippen LogP contribution in [-0.4, -0.2) is 10.9 Å². The van der Waals surface area contributed by atoms with Crippen LogP contribution in [0.25, 0.3) is 0 Å². The van der Waals surface area contributed by atoms with Gasteiger partial charge in [0, 0.05) is 16.7 Å². The van der Waals surface area contributed by atoms with Crippen molar-refractivity contribution in [3.63, 3.8) is 0 Å². The Labute approximate surface area is 165 Å². The lowest BCUT2D eigenvalue weighted by molar-refractivity contribution is 0.0954. The van der Waals surface area contributed by atoms with Gasteiger partial charge in [-0.05, 0) is 50.1 Å². The summed E-state index contributed by atoms with van der Waals surface area (Å²) in [4.78, 5) is 17.7. The van der Waals surface area contributed by atoms with Crippen LogP contribution in [0.4, 0.5) is 10.8 Å². The quantitative estimate of drug-likeness (QED) is 0.562. The van der Waals surface area contributed by atoms with Crippen LogP contribution in [0.3, 0.4) is 0 Å². The van der Waals surface area contributed by atoms with Crippen LogP contribution in [-0.2, 0) is 6.54 Å². The van der Waals surface area contributed by atoms with Gasteiger partial charge in [0.25, 0.3) is 5.91 Å². The lowest BCUT2D eigenvalue weighted by Crippen LogP contribution is -2.22. The number of amides is 1. The first kappa shape index (κ1) is 18.6. The smallest absolute Gasteiger partial charge is 0.263 e. The first-order valence-electron chi connectivity index (χ1n) is 8.27. The molecule has 0 fully saturated rings. The van der Waals surface area contributed by atoms with Crippen molar-refractivity contribution in [3.8, 4) is 0 Å². The third kappa shape index (κ3) is 4.51. The van der Waals surface area contributed by atoms with Gasteiger partial charge in [0.1, 0.15) is 4.88 Å². The van der Waals surface area contributed by atoms with E-state index in [1.165, 1.54) is 16.9 Å². The molecule has 0 spiro atoms. The van der Waals surface area contributed by atoms with Crippen molar-refractivity contribution in [2.24, 2.45) is 0 Å². The molecule has 0 aliphatic heterocycles. The second-order valence-corrected chi connectivity index (χ2v) is 8.10. The van der Waals surface area contributed by atoms with E-state index in [-0.39, 0.29) is 5.91 Å². The Hall–Kier alpha value is -2.18. The van der Waals surface area contributed by atoms with Crippen molar-refractivity contribution < 1.29 is 4.79 Å². The topological polar surface area (TPSA) is 54.0 Å². The van der Waals surface area contributed by atoms with Crippen molar-refractivity contribution >= 4 is 44.0 Å². The highest BCUT2D eigenvalue weighted by atomic mass is 79.9. The largest absolute Gasteiger partial charge is 0.347 e. The lowest BCUT2D eigenvalue weighted by Gasteiger charge is -2.07. The molecule has 0 radical (unpaired) electrons. The van der Waals surface area contributed by atoms with Gasteiger partial charge in [-0.2, -0.15) is 0 Å². The molecule has 3 rings (SSSR count). The van der Waals surface area contributed by atoms with E-state index in [9.17, 15) is 4.79 Å². The van der Waals surface area contributed by atoms with E-state index in [1.807, 2.05) is 37.3 Å². The predicted molar refractivity (Wildman–Crippen MR) is 111 cm³/mol. The predicted octanol–water partition coefficient (Wildman–Crippen LogP) is 5.50. The van der Waals surface area contributed by atoms with Crippen LogP contribution in [0.15, 0.2) is 46.9 Å². The molecule has 0 atom stereocenters. The normalized spacial score (nSPS) is 10.6. The molecule has 134 valence electrons. The van der Waals surface area contributed by atoms with Crippen LogP contribution in [0.5, 0.6) is 0 Å². The van der Waals surface area contributed by atoms with E-state index in [4.69, 9.17) is 0 Å². The van der Waals surface area contributed by atoms with Crippen LogP contribution in [0, 0.1) is 20.8 Å². The van der Waals surface area contributed by atoms with E-state index >= 15 is 0 Å². The van der Waals surface area contributed by atoms with Gasteiger partial charge in [-0.25, -0.2) is 4.98 Å². The Kier molecular flexibility index (Phi) is 5.74. The van der Waals surface area contributed by atoms with Crippen LogP contribution in [0.1, 0.15) is 32.1 Å². The molecular formula is C20H20BrN3OS. The van der Waals surface area contributed by atoms with Gasteiger partial charge in [0.05, 0.1) is 5.69 Å². The summed E-state index contributed by atoms with van der Waals surface area (Å²) >= 11 is 4.81. The molecule has 2 N–H and O–H groups in total. The van der Waals surface area contributed by atoms with Gasteiger partial charge >= 0.3 is 0 Å². The van der Waals surface area contributed by atoms with Gasteiger partial charge in [-0.1, -0.05) is 57.1 Å². The number of aromatic nitrogens is 1. The number of carbonyl (C=O) groups is 1. The van der Waals surface area contributed by atoms with E-state index in [0.29, 0.717) is 11.4 Å². The summed E-state index contributed by atoms with van der Waals surface area (Å²) < 4.78 is 0.998. The number of halogens is 1. The first-order chi connectivity index (χ1) is 12.4. The monoisotopic (exact) mass is 429 g/mol. The lowest BCUT2D eigenvalue weighted by atomic mass is 10.1. The summed E-state index contributed by atoms with van der Waals surface area (Å²) in [6, 6.07) is 14.1. The third-order valence-electron chi connectivity index (χ3n) is 3.97. The van der Waals surface area contributed by atoms with Gasteiger partial charge in [-0.15, -0.1) is 0 Å². The zero-order valence-electron chi connectivity index (χ0n) is 14.9. The fourth-order valence-corrected chi connectivity index (χ4v) is 3.98. The molecule has 0 saturated carbocycles. The molecule has 3 aromatic rings. The standard InChI is InChI=1S/C20H20BrN3OS/c1-12-7-8-17(13(2)9-12)24-20-23-14(3)18(26-20)19(25)22-11-15-5-4-6-16(21)10-15/h4-10H,11H2,1-3H3,(H,22,25)(H,23,24). The van der Waals surface area contributed by atoms with E-state index < -0.39 is 0 Å². The number of nitrogens with one attached hydrogen (secondary N) is 2. The van der Waals surface area contributed by atoms with Gasteiger partial charge in [0.15, 0.2) is 5.13 Å². The minimum absolute atomic E-state index is 0.103. The average molecular weight is 430 g/mol. The maximum Gasteiger partial charge on any atom is 0.263 e. The van der Waals surface area contributed by atoms with Crippen LogP contribution >= 0.6 is 27.3 Å². The van der Waals surface area contributed by atoms with E-state index in [2.05, 4.69) is 57.5 Å². The van der Waals surface area contributed by atoms with Gasteiger partial charge in [0.2, 0.25) is 0 Å². The van der Waals surface area contributed by atoms with E-state index in [0.717, 1.165) is 32.1 Å². The summed E-state index contributed by atoms with van der Waals surface area (Å²) in [5, 5.41) is 7.00. The molecule has 4 nitrogen and oxygen atoms in total. The summed E-state index contributed by atoms with van der Waals surface area (Å²) in [6.07, 6.45) is 0. The fourth-order valence-electron chi connectivity index (χ4n) is 2.64. The molecule has 1 amide bonds. The number of thiazole rings is 1. The van der Waals surface area contributed by atoms with Crippen LogP contribution in [0.2, 0.25) is 0 Å². The minimum Gasteiger partial charge on any atom is -0.347 e. The number of rotatable bonds is 5. The minimum atomic E-state index is -0.103. The van der Waals surface area contributed by atoms with Crippen molar-refractivity contribution in [1.29, 1.82) is 0 Å². The van der Waals surface area contributed by atoms with Crippen molar-refractivity contribution in [3.05, 3.63) is 74.2 Å². The molecule has 0 unspecified atom stereocenters. The highest BCUT2D eigenvalue weighted by Crippen LogP contribution is 2.27. The Morgan fingerprint density at radius 1 is 1.15 bits per heavy atom. The molecule has 0 saturated heterocycles. The van der Waals surface area contributed by atoms with Crippen LogP contribution < -0.4 is 10.6 Å². The summed E-state index contributed by atoms with van der Waals surface area (Å²) in [7, 11) is 0. The SMILES string of the molecule is Cc1ccc(Nc2nc(C)c(C(=O)NCc3cccc(Br)c3)s2)c(C)c1. The fraction of sp³-hybridized carbons (Fsp3) is 0.200. The molecule has 0 aliphatic rings. The molecule has 0 aliphatic carbocycles. The number of benzene rings is 2. The zero-order valence-corrected chi connectivity index (χ0v) is 17.3. The molecule has 1 heterocycles. The summed E-state index contributed by atoms with van der Waals surface area (Å²) in [5.41, 5.74) is 5.15. The van der Waals surface area contributed by atoms with Crippen molar-refractivity contribution in [2.75, 3.05) is 5.32 Å². The number of anilines is 2. The first-order valence-corrected chi connectivity index (χ1v) is 9.87. The Bertz CT molecular complexity index is 952. The number of hydrogen-bond acceptors (Lipinski definition) is 4. The zero-order chi connectivity index (χ0) is 18.7. The van der Waals surface area contributed by atoms with Crippen molar-refractivity contribution in [1.82, 2.24) is 10.3 Å². The molecule has 1 aromatic heterocycles. The molecule has 0 bridgehead atoms. The molecule has 2 aromatic carbocycles. The van der Waals surface area contributed by atoms with E-state index in [1.54, 1.807) is 0 Å². The Balaban J connectivity index is 1.70. The summed E-state index contributed by atoms with van der Waals surface area (Å²) in [6.45, 7) is 6.46. The average Bonchev–Trinajstić information content (AvgIpc) is 2.96. The second-order valence-electron chi connectivity index (χ2n) is 6.19. The third-order valence-corrected chi connectivity index (χ3v) is 5.53. The summed E-state index contributed by atoms with van der Waals surface area (Å²) in [5.74, 6) is -0.103. The van der Waals surface area contributed by atoms with Gasteiger partial charge in [-0.3, -0.25) is 4.79 Å². The number of carbonyl (C=O) groups excluding carboxylic acids is 1. The molecule has 6 heteroatoms. The second kappa shape index (κ2) is 8.01. The maximum absolute atomic E-state index is 12.5. The highest BCUT2D eigenvalue weighted by Gasteiger charge is 2.15. The highest BCUT2D eigenvalue weighted by molar-refractivity contribution is 9.10. The Morgan fingerprint density at radius 2 is 1.96 bits per heavy atom. The molecule has 26 heavy (non-hydrogen) atoms. The maximum atomic E-state index is 12.5. The van der Waals surface area contributed by atoms with Crippen molar-refractivity contribution in [2.45, 2.75) is 27.3 Å².